The van der Waals surface area contributed by atoms with Crippen LogP contribution in [0.1, 0.15) is 44.9 Å². The lowest BCUT2D eigenvalue weighted by Gasteiger charge is -2.38. The number of carbonyl (C=O) groups excluding carboxylic acids is 1. The van der Waals surface area contributed by atoms with Crippen LogP contribution in [0.5, 0.6) is 0 Å². The number of rotatable bonds is 0. The van der Waals surface area contributed by atoms with E-state index in [9.17, 15) is 4.79 Å². The van der Waals surface area contributed by atoms with Gasteiger partial charge in [0.05, 0.1) is 0 Å². The van der Waals surface area contributed by atoms with Gasteiger partial charge in [0.15, 0.2) is 0 Å². The fourth-order valence-corrected chi connectivity index (χ4v) is 4.00. The molecule has 0 aromatic carbocycles. The molecule has 2 fully saturated rings. The lowest BCUT2D eigenvalue weighted by Crippen LogP contribution is -2.34. The van der Waals surface area contributed by atoms with Gasteiger partial charge < -0.3 is 0 Å². The van der Waals surface area contributed by atoms with Gasteiger partial charge >= 0.3 is 0 Å². The molecule has 0 unspecified atom stereocenters. The number of Topliss-reactive ketones (excluding diaryl/α,β-unsaturated/α-hetero) is 1. The average Bonchev–Trinajstić information content (AvgIpc) is 2.05. The standard InChI is InChI=1S/C10H16OS/c11-9-4-7-12-10(8-9)5-2-1-3-6-10/h1-8H2. The maximum Gasteiger partial charge on any atom is 0.135 e. The minimum absolute atomic E-state index is 0.396. The van der Waals surface area contributed by atoms with Crippen LogP contribution in [0.2, 0.25) is 0 Å². The molecule has 2 heteroatoms. The van der Waals surface area contributed by atoms with Crippen molar-refractivity contribution < 1.29 is 4.79 Å². The Morgan fingerprint density at radius 1 is 1.17 bits per heavy atom. The fourth-order valence-electron chi connectivity index (χ4n) is 2.40. The van der Waals surface area contributed by atoms with Crippen LogP contribution in [0.4, 0.5) is 0 Å². The van der Waals surface area contributed by atoms with Crippen molar-refractivity contribution in [2.75, 3.05) is 5.75 Å². The number of thioether (sulfide) groups is 1. The van der Waals surface area contributed by atoms with E-state index in [1.807, 2.05) is 0 Å². The van der Waals surface area contributed by atoms with E-state index in [1.165, 1.54) is 32.1 Å². The zero-order chi connectivity index (χ0) is 8.44. The summed E-state index contributed by atoms with van der Waals surface area (Å²) in [5.74, 6) is 1.59. The molecular formula is C10H16OS. The molecular weight excluding hydrogens is 168 g/mol. The topological polar surface area (TPSA) is 17.1 Å². The molecule has 1 heterocycles. The van der Waals surface area contributed by atoms with E-state index in [0.717, 1.165) is 18.6 Å². The first-order valence-electron chi connectivity index (χ1n) is 4.96. The van der Waals surface area contributed by atoms with Crippen molar-refractivity contribution in [3.8, 4) is 0 Å². The molecule has 1 aliphatic carbocycles. The smallest absolute Gasteiger partial charge is 0.135 e. The first-order chi connectivity index (χ1) is 5.81. The Balaban J connectivity index is 2.02. The monoisotopic (exact) mass is 184 g/mol. The minimum Gasteiger partial charge on any atom is -0.300 e. The second-order valence-electron chi connectivity index (χ2n) is 4.06. The summed E-state index contributed by atoms with van der Waals surface area (Å²) >= 11 is 2.07. The Bertz CT molecular complexity index is 177. The van der Waals surface area contributed by atoms with Crippen molar-refractivity contribution in [3.05, 3.63) is 0 Å². The van der Waals surface area contributed by atoms with Gasteiger partial charge in [-0.25, -0.2) is 0 Å². The van der Waals surface area contributed by atoms with Crippen LogP contribution in [-0.4, -0.2) is 16.3 Å². The molecule has 68 valence electrons. The SMILES string of the molecule is O=C1CCSC2(CCCCC2)C1. The highest BCUT2D eigenvalue weighted by Gasteiger charge is 2.37. The normalized spacial score (nSPS) is 29.2. The summed E-state index contributed by atoms with van der Waals surface area (Å²) in [5, 5.41) is 0. The van der Waals surface area contributed by atoms with Crippen LogP contribution in [0.25, 0.3) is 0 Å². The van der Waals surface area contributed by atoms with Crippen molar-refractivity contribution >= 4 is 17.5 Å². The minimum atomic E-state index is 0.396. The summed E-state index contributed by atoms with van der Waals surface area (Å²) < 4.78 is 0.396. The molecule has 0 aromatic rings. The van der Waals surface area contributed by atoms with Gasteiger partial charge in [-0.15, -0.1) is 0 Å². The third-order valence-electron chi connectivity index (χ3n) is 3.07. The van der Waals surface area contributed by atoms with Gasteiger partial charge in [-0.1, -0.05) is 19.3 Å². The highest BCUT2D eigenvalue weighted by Crippen LogP contribution is 2.45. The van der Waals surface area contributed by atoms with Crippen LogP contribution in [-0.2, 0) is 4.79 Å². The third kappa shape index (κ3) is 1.68. The number of hydrogen-bond acceptors (Lipinski definition) is 2. The van der Waals surface area contributed by atoms with Crippen LogP contribution < -0.4 is 0 Å². The van der Waals surface area contributed by atoms with E-state index in [1.54, 1.807) is 0 Å². The van der Waals surface area contributed by atoms with Crippen molar-refractivity contribution in [1.29, 1.82) is 0 Å². The fraction of sp³-hybridized carbons (Fsp3) is 0.900. The van der Waals surface area contributed by atoms with Gasteiger partial charge in [0, 0.05) is 23.3 Å². The second kappa shape index (κ2) is 3.41. The molecule has 0 atom stereocenters. The van der Waals surface area contributed by atoms with Gasteiger partial charge in [-0.05, 0) is 12.8 Å². The number of hydrogen-bond donors (Lipinski definition) is 0. The van der Waals surface area contributed by atoms with Crippen LogP contribution in [0.15, 0.2) is 0 Å². The molecule has 2 aliphatic rings. The first-order valence-corrected chi connectivity index (χ1v) is 5.95. The van der Waals surface area contributed by atoms with Gasteiger partial charge in [0.2, 0.25) is 0 Å². The largest absolute Gasteiger partial charge is 0.300 e. The van der Waals surface area contributed by atoms with Crippen molar-refractivity contribution in [2.45, 2.75) is 49.7 Å². The molecule has 0 amide bonds. The van der Waals surface area contributed by atoms with Crippen LogP contribution >= 0.6 is 11.8 Å². The Hall–Kier alpha value is 0.0200. The molecule has 2 rings (SSSR count). The Kier molecular flexibility index (Phi) is 2.44. The Morgan fingerprint density at radius 3 is 2.58 bits per heavy atom. The van der Waals surface area contributed by atoms with Crippen LogP contribution in [0.3, 0.4) is 0 Å². The summed E-state index contributed by atoms with van der Waals surface area (Å²) in [6, 6.07) is 0. The molecule has 1 aliphatic heterocycles. The molecule has 0 N–H and O–H groups in total. The van der Waals surface area contributed by atoms with E-state index in [2.05, 4.69) is 11.8 Å². The van der Waals surface area contributed by atoms with Crippen molar-refractivity contribution in [2.24, 2.45) is 0 Å². The summed E-state index contributed by atoms with van der Waals surface area (Å²) in [7, 11) is 0. The van der Waals surface area contributed by atoms with Crippen molar-refractivity contribution in [3.63, 3.8) is 0 Å². The predicted octanol–water partition coefficient (Wildman–Crippen LogP) is 2.79. The van der Waals surface area contributed by atoms with E-state index < -0.39 is 0 Å². The van der Waals surface area contributed by atoms with E-state index >= 15 is 0 Å². The quantitative estimate of drug-likeness (QED) is 0.576. The summed E-state index contributed by atoms with van der Waals surface area (Å²) in [5.41, 5.74) is 0. The second-order valence-corrected chi connectivity index (χ2v) is 5.62. The number of carbonyl (C=O) groups is 1. The molecule has 1 spiro atoms. The highest BCUT2D eigenvalue weighted by molar-refractivity contribution is 8.00. The maximum absolute atomic E-state index is 11.3. The molecule has 0 bridgehead atoms. The van der Waals surface area contributed by atoms with Gasteiger partial charge in [0.25, 0.3) is 0 Å². The number of ketones is 1. The Labute approximate surface area is 78.3 Å². The average molecular weight is 184 g/mol. The van der Waals surface area contributed by atoms with E-state index in [0.29, 0.717) is 10.5 Å². The first kappa shape index (κ1) is 8.61. The van der Waals surface area contributed by atoms with Gasteiger partial charge in [-0.3, -0.25) is 4.79 Å². The van der Waals surface area contributed by atoms with E-state index in [-0.39, 0.29) is 0 Å². The van der Waals surface area contributed by atoms with E-state index in [4.69, 9.17) is 0 Å². The lowest BCUT2D eigenvalue weighted by molar-refractivity contribution is -0.119. The summed E-state index contributed by atoms with van der Waals surface area (Å²) in [6.45, 7) is 0. The molecule has 1 saturated carbocycles. The van der Waals surface area contributed by atoms with Crippen LogP contribution in [0, 0.1) is 0 Å². The molecule has 0 radical (unpaired) electrons. The lowest BCUT2D eigenvalue weighted by atomic mass is 9.84. The zero-order valence-electron chi connectivity index (χ0n) is 7.47. The van der Waals surface area contributed by atoms with Gasteiger partial charge in [-0.2, -0.15) is 11.8 Å². The molecule has 1 saturated heterocycles. The molecule has 12 heavy (non-hydrogen) atoms. The third-order valence-corrected chi connectivity index (χ3v) is 4.65. The van der Waals surface area contributed by atoms with Gasteiger partial charge in [0.1, 0.15) is 5.78 Å². The maximum atomic E-state index is 11.3. The summed E-state index contributed by atoms with van der Waals surface area (Å²) in [6.07, 6.45) is 8.37. The van der Waals surface area contributed by atoms with Crippen molar-refractivity contribution in [1.82, 2.24) is 0 Å². The zero-order valence-corrected chi connectivity index (χ0v) is 8.29. The highest BCUT2D eigenvalue weighted by atomic mass is 32.2. The predicted molar refractivity (Wildman–Crippen MR) is 52.5 cm³/mol. The molecule has 0 aromatic heterocycles. The molecule has 1 nitrogen and oxygen atoms in total. The Morgan fingerprint density at radius 2 is 1.92 bits per heavy atom. The summed E-state index contributed by atoms with van der Waals surface area (Å²) in [4.78, 5) is 11.3.